The minimum Gasteiger partial charge on any atom is -0.497 e. The van der Waals surface area contributed by atoms with Gasteiger partial charge in [0.2, 0.25) is 0 Å². The standard InChI is InChI=1S/C21H25N5O5/c1-29-14-4-3-11-5-13(6-12(11)7-14)25-19-16-20(23-9-22-19)26(10-24-16)21-18(30-2)17(28)15(8-27)31-21/h3-4,7,9-10,13,15,17-18,21,27-28H,5-6,8H2,1-2H3,(H,22,23,25)/t13?,15-,17?,18?,21-/m1/s1. The van der Waals surface area contributed by atoms with E-state index in [4.69, 9.17) is 14.2 Å². The van der Waals surface area contributed by atoms with Crippen LogP contribution in [0.2, 0.25) is 0 Å². The lowest BCUT2D eigenvalue weighted by Gasteiger charge is -2.20. The van der Waals surface area contributed by atoms with Crippen LogP contribution in [0.5, 0.6) is 5.75 Å². The third kappa shape index (κ3) is 3.41. The van der Waals surface area contributed by atoms with Gasteiger partial charge in [0.1, 0.15) is 30.4 Å². The smallest absolute Gasteiger partial charge is 0.167 e. The van der Waals surface area contributed by atoms with Crippen LogP contribution in [-0.4, -0.2) is 74.9 Å². The van der Waals surface area contributed by atoms with Gasteiger partial charge in [-0.25, -0.2) is 15.0 Å². The Hall–Kier alpha value is -2.79. The van der Waals surface area contributed by atoms with Crippen LogP contribution in [0, 0.1) is 0 Å². The molecule has 0 amide bonds. The van der Waals surface area contributed by atoms with Crippen molar-refractivity contribution in [2.24, 2.45) is 0 Å². The highest BCUT2D eigenvalue weighted by molar-refractivity contribution is 5.83. The summed E-state index contributed by atoms with van der Waals surface area (Å²) in [4.78, 5) is 13.3. The average molecular weight is 427 g/mol. The molecule has 2 aromatic heterocycles. The number of anilines is 1. The zero-order valence-electron chi connectivity index (χ0n) is 17.3. The Morgan fingerprint density at radius 3 is 2.81 bits per heavy atom. The summed E-state index contributed by atoms with van der Waals surface area (Å²) in [6, 6.07) is 6.34. The van der Waals surface area contributed by atoms with Crippen molar-refractivity contribution in [2.45, 2.75) is 43.4 Å². The molecule has 3 aromatic rings. The number of imidazole rings is 1. The van der Waals surface area contributed by atoms with Crippen molar-refractivity contribution in [3.05, 3.63) is 42.0 Å². The van der Waals surface area contributed by atoms with Gasteiger partial charge in [-0.15, -0.1) is 0 Å². The van der Waals surface area contributed by atoms with E-state index in [9.17, 15) is 10.2 Å². The molecule has 31 heavy (non-hydrogen) atoms. The van der Waals surface area contributed by atoms with Crippen LogP contribution in [-0.2, 0) is 22.3 Å². The van der Waals surface area contributed by atoms with Gasteiger partial charge in [0, 0.05) is 13.2 Å². The first-order chi connectivity index (χ1) is 15.1. The molecule has 0 radical (unpaired) electrons. The lowest BCUT2D eigenvalue weighted by atomic mass is 10.1. The van der Waals surface area contributed by atoms with E-state index in [2.05, 4.69) is 32.4 Å². The number of rotatable bonds is 6. The number of aliphatic hydroxyl groups is 2. The summed E-state index contributed by atoms with van der Waals surface area (Å²) in [5, 5.41) is 23.3. The number of nitrogens with one attached hydrogen (secondary N) is 1. The fourth-order valence-electron chi connectivity index (χ4n) is 4.51. The predicted molar refractivity (Wildman–Crippen MR) is 111 cm³/mol. The van der Waals surface area contributed by atoms with E-state index < -0.39 is 24.5 Å². The first kappa shape index (κ1) is 20.1. The van der Waals surface area contributed by atoms with Gasteiger partial charge in [-0.05, 0) is 36.1 Å². The van der Waals surface area contributed by atoms with Crippen LogP contribution < -0.4 is 10.1 Å². The van der Waals surface area contributed by atoms with Gasteiger partial charge in [0.05, 0.1) is 20.0 Å². The van der Waals surface area contributed by atoms with Gasteiger partial charge < -0.3 is 29.7 Å². The van der Waals surface area contributed by atoms with E-state index >= 15 is 0 Å². The topological polar surface area (TPSA) is 124 Å². The van der Waals surface area contributed by atoms with E-state index in [1.165, 1.54) is 24.6 Å². The van der Waals surface area contributed by atoms with Crippen LogP contribution in [0.15, 0.2) is 30.9 Å². The minimum absolute atomic E-state index is 0.181. The molecule has 0 spiro atoms. The first-order valence-corrected chi connectivity index (χ1v) is 10.2. The fraction of sp³-hybridized carbons (Fsp3) is 0.476. The van der Waals surface area contributed by atoms with Gasteiger partial charge in [-0.2, -0.15) is 0 Å². The molecule has 10 nitrogen and oxygen atoms in total. The van der Waals surface area contributed by atoms with Crippen LogP contribution in [0.25, 0.3) is 11.2 Å². The maximum Gasteiger partial charge on any atom is 0.167 e. The van der Waals surface area contributed by atoms with E-state index in [1.54, 1.807) is 18.0 Å². The molecule has 10 heteroatoms. The predicted octanol–water partition coefficient (Wildman–Crippen LogP) is 0.680. The molecule has 1 aliphatic carbocycles. The van der Waals surface area contributed by atoms with E-state index in [-0.39, 0.29) is 12.6 Å². The van der Waals surface area contributed by atoms with Gasteiger partial charge >= 0.3 is 0 Å². The quantitative estimate of drug-likeness (QED) is 0.521. The number of hydrogen-bond acceptors (Lipinski definition) is 9. The highest BCUT2D eigenvalue weighted by Gasteiger charge is 2.45. The Morgan fingerprint density at radius 1 is 1.19 bits per heavy atom. The molecule has 3 N–H and O–H groups in total. The molecule has 1 fully saturated rings. The summed E-state index contributed by atoms with van der Waals surface area (Å²) in [7, 11) is 3.17. The third-order valence-electron chi connectivity index (χ3n) is 6.08. The lowest BCUT2D eigenvalue weighted by molar-refractivity contribution is -0.0583. The maximum absolute atomic E-state index is 10.4. The summed E-state index contributed by atoms with van der Waals surface area (Å²) in [6.07, 6.45) is 1.82. The van der Waals surface area contributed by atoms with Gasteiger partial charge in [0.25, 0.3) is 0 Å². The summed E-state index contributed by atoms with van der Waals surface area (Å²) < 4.78 is 18.3. The maximum atomic E-state index is 10.4. The summed E-state index contributed by atoms with van der Waals surface area (Å²) in [6.45, 7) is -0.307. The molecule has 1 aromatic carbocycles. The van der Waals surface area contributed by atoms with E-state index in [0.29, 0.717) is 17.0 Å². The second kappa shape index (κ2) is 8.04. The lowest BCUT2D eigenvalue weighted by Crippen LogP contribution is -2.34. The van der Waals surface area contributed by atoms with Crippen LogP contribution in [0.4, 0.5) is 5.82 Å². The average Bonchev–Trinajstić information content (AvgIpc) is 3.47. The molecule has 5 atom stereocenters. The SMILES string of the molecule is COc1ccc2c(c1)CC(Nc1ncnc3c1ncn3[C@@H]1O[C@H](CO)C(O)C1OC)C2. The van der Waals surface area contributed by atoms with Crippen molar-refractivity contribution >= 4 is 17.0 Å². The Labute approximate surface area is 178 Å². The number of aromatic nitrogens is 4. The van der Waals surface area contributed by atoms with Crippen molar-refractivity contribution < 1.29 is 24.4 Å². The number of ether oxygens (including phenoxy) is 3. The van der Waals surface area contributed by atoms with Crippen molar-refractivity contribution in [1.82, 2.24) is 19.5 Å². The highest BCUT2D eigenvalue weighted by atomic mass is 16.6. The Morgan fingerprint density at radius 2 is 2.03 bits per heavy atom. The number of hydrogen-bond donors (Lipinski definition) is 3. The molecule has 2 aliphatic rings. The number of nitrogens with zero attached hydrogens (tertiary/aromatic N) is 4. The van der Waals surface area contributed by atoms with E-state index in [1.807, 2.05) is 6.07 Å². The molecule has 3 unspecified atom stereocenters. The van der Waals surface area contributed by atoms with Crippen molar-refractivity contribution in [2.75, 3.05) is 26.1 Å². The van der Waals surface area contributed by atoms with Gasteiger partial charge in [-0.1, -0.05) is 6.07 Å². The number of fused-ring (bicyclic) bond motifs is 2. The summed E-state index contributed by atoms with van der Waals surface area (Å²) in [5.74, 6) is 1.50. The molecular formula is C21H25N5O5. The summed E-state index contributed by atoms with van der Waals surface area (Å²) >= 11 is 0. The number of methoxy groups -OCH3 is 2. The molecule has 1 saturated heterocycles. The molecule has 164 valence electrons. The number of aliphatic hydroxyl groups excluding tert-OH is 2. The molecular weight excluding hydrogens is 402 g/mol. The largest absolute Gasteiger partial charge is 0.497 e. The molecule has 1 aliphatic heterocycles. The zero-order valence-corrected chi connectivity index (χ0v) is 17.3. The second-order valence-electron chi connectivity index (χ2n) is 7.87. The molecule has 3 heterocycles. The fourth-order valence-corrected chi connectivity index (χ4v) is 4.51. The summed E-state index contributed by atoms with van der Waals surface area (Å²) in [5.41, 5.74) is 3.73. The van der Waals surface area contributed by atoms with Crippen molar-refractivity contribution in [1.29, 1.82) is 0 Å². The normalized spacial score (nSPS) is 27.5. The highest BCUT2D eigenvalue weighted by Crippen LogP contribution is 2.34. The molecule has 0 saturated carbocycles. The Kier molecular flexibility index (Phi) is 5.22. The Balaban J connectivity index is 1.40. The van der Waals surface area contributed by atoms with Crippen molar-refractivity contribution in [3.63, 3.8) is 0 Å². The first-order valence-electron chi connectivity index (χ1n) is 10.2. The molecule has 0 bridgehead atoms. The third-order valence-corrected chi connectivity index (χ3v) is 6.08. The van der Waals surface area contributed by atoms with E-state index in [0.717, 1.165) is 18.6 Å². The number of benzene rings is 1. The van der Waals surface area contributed by atoms with Crippen LogP contribution in [0.1, 0.15) is 17.4 Å². The minimum atomic E-state index is -0.953. The van der Waals surface area contributed by atoms with Gasteiger partial charge in [-0.3, -0.25) is 4.57 Å². The molecule has 5 rings (SSSR count). The van der Waals surface area contributed by atoms with Gasteiger partial charge in [0.15, 0.2) is 23.2 Å². The second-order valence-corrected chi connectivity index (χ2v) is 7.87. The van der Waals surface area contributed by atoms with Crippen molar-refractivity contribution in [3.8, 4) is 5.75 Å². The van der Waals surface area contributed by atoms with Crippen LogP contribution >= 0.6 is 0 Å². The van der Waals surface area contributed by atoms with Crippen LogP contribution in [0.3, 0.4) is 0 Å². The zero-order chi connectivity index (χ0) is 21.5. The monoisotopic (exact) mass is 427 g/mol. The Bertz CT molecular complexity index is 1090.